The predicted octanol–water partition coefficient (Wildman–Crippen LogP) is 3.18. The van der Waals surface area contributed by atoms with Crippen LogP contribution in [0, 0.1) is 5.41 Å². The summed E-state index contributed by atoms with van der Waals surface area (Å²) in [6, 6.07) is 21.0. The van der Waals surface area contributed by atoms with Crippen LogP contribution in [0.3, 0.4) is 0 Å². The summed E-state index contributed by atoms with van der Waals surface area (Å²) in [4.78, 5) is 1.92. The van der Waals surface area contributed by atoms with Crippen molar-refractivity contribution in [3.8, 4) is 0 Å². The van der Waals surface area contributed by atoms with Crippen LogP contribution in [0.2, 0.25) is 0 Å². The van der Waals surface area contributed by atoms with Crippen molar-refractivity contribution >= 4 is 17.6 Å². The fraction of sp³-hybridized carbons (Fsp3) is 0.278. The first-order valence-electron chi connectivity index (χ1n) is 7.45. The number of nitrogens with one attached hydrogen (secondary N) is 1. The highest BCUT2D eigenvalue weighted by Crippen LogP contribution is 2.43. The number of benzene rings is 2. The summed E-state index contributed by atoms with van der Waals surface area (Å²) < 4.78 is 0. The molecule has 1 aliphatic heterocycles. The van der Waals surface area contributed by atoms with Crippen molar-refractivity contribution in [2.24, 2.45) is 5.73 Å². The summed E-state index contributed by atoms with van der Waals surface area (Å²) in [5, 5.41) is 7.87. The lowest BCUT2D eigenvalue weighted by Crippen LogP contribution is -2.42. The molecule has 2 aromatic carbocycles. The Morgan fingerprint density at radius 1 is 1.09 bits per heavy atom. The van der Waals surface area contributed by atoms with Gasteiger partial charge in [-0.25, -0.2) is 0 Å². The quantitative estimate of drug-likeness (QED) is 0.519. The lowest BCUT2D eigenvalue weighted by atomic mass is 9.73. The first kappa shape index (κ1) is 14.9. The number of guanidine groups is 1. The zero-order valence-electron chi connectivity index (χ0n) is 12.4. The van der Waals surface area contributed by atoms with Crippen molar-refractivity contribution < 1.29 is 0 Å². The third-order valence-electron chi connectivity index (χ3n) is 4.61. The number of nitrogens with zero attached hydrogens (tertiary/aromatic N) is 1. The molecule has 0 saturated carbocycles. The maximum Gasteiger partial charge on any atom is 0.188 e. The first-order valence-corrected chi connectivity index (χ1v) is 7.98. The van der Waals surface area contributed by atoms with Gasteiger partial charge in [0.15, 0.2) is 5.96 Å². The van der Waals surface area contributed by atoms with Crippen LogP contribution in [0.1, 0.15) is 17.5 Å². The lowest BCUT2D eigenvalue weighted by molar-refractivity contribution is 0.404. The van der Waals surface area contributed by atoms with Crippen LogP contribution < -0.4 is 5.73 Å². The maximum absolute atomic E-state index is 7.87. The monoisotopic (exact) mass is 313 g/mol. The number of halogens is 1. The highest BCUT2D eigenvalue weighted by molar-refractivity contribution is 6.18. The molecule has 1 aliphatic rings. The van der Waals surface area contributed by atoms with E-state index < -0.39 is 0 Å². The molecule has 0 aromatic heterocycles. The Balaban J connectivity index is 2.12. The highest BCUT2D eigenvalue weighted by Gasteiger charge is 2.46. The summed E-state index contributed by atoms with van der Waals surface area (Å²) in [6.07, 6.45) is 0.865. The number of likely N-dealkylation sites (tertiary alicyclic amines) is 1. The minimum absolute atomic E-state index is 0.0829. The van der Waals surface area contributed by atoms with Crippen molar-refractivity contribution in [3.05, 3.63) is 71.8 Å². The standard InChI is InChI=1S/C18H20ClN3/c19-12-16-11-18(13-22(16)17(20)21,14-7-3-1-4-8-14)15-9-5-2-6-10-15/h1-10,16H,11-13H2,(H3,20,21). The third kappa shape index (κ3) is 2.46. The van der Waals surface area contributed by atoms with Gasteiger partial charge < -0.3 is 10.6 Å². The Morgan fingerprint density at radius 3 is 1.95 bits per heavy atom. The molecule has 0 bridgehead atoms. The van der Waals surface area contributed by atoms with Gasteiger partial charge in [-0.1, -0.05) is 60.7 Å². The second-order valence-electron chi connectivity index (χ2n) is 5.84. The van der Waals surface area contributed by atoms with Crippen molar-refractivity contribution in [1.29, 1.82) is 5.41 Å². The van der Waals surface area contributed by atoms with Gasteiger partial charge in [0.25, 0.3) is 0 Å². The first-order chi connectivity index (χ1) is 10.7. The molecule has 22 heavy (non-hydrogen) atoms. The molecule has 0 spiro atoms. The second kappa shape index (κ2) is 6.01. The molecular weight excluding hydrogens is 294 g/mol. The van der Waals surface area contributed by atoms with E-state index in [0.717, 1.165) is 6.42 Å². The van der Waals surface area contributed by atoms with E-state index in [-0.39, 0.29) is 17.4 Å². The number of rotatable bonds is 3. The van der Waals surface area contributed by atoms with E-state index >= 15 is 0 Å². The Morgan fingerprint density at radius 2 is 1.59 bits per heavy atom. The van der Waals surface area contributed by atoms with Crippen LogP contribution in [-0.4, -0.2) is 29.3 Å². The topological polar surface area (TPSA) is 53.1 Å². The molecule has 4 heteroatoms. The van der Waals surface area contributed by atoms with Crippen molar-refractivity contribution in [1.82, 2.24) is 4.90 Å². The highest BCUT2D eigenvalue weighted by atomic mass is 35.5. The summed E-state index contributed by atoms with van der Waals surface area (Å²) in [5.74, 6) is 0.570. The Kier molecular flexibility index (Phi) is 4.08. The van der Waals surface area contributed by atoms with Gasteiger partial charge >= 0.3 is 0 Å². The van der Waals surface area contributed by atoms with Gasteiger partial charge in [0.2, 0.25) is 0 Å². The fourth-order valence-electron chi connectivity index (χ4n) is 3.52. The predicted molar refractivity (Wildman–Crippen MR) is 91.4 cm³/mol. The lowest BCUT2D eigenvalue weighted by Gasteiger charge is -2.30. The zero-order chi connectivity index (χ0) is 15.6. The fourth-order valence-corrected chi connectivity index (χ4v) is 3.79. The molecule has 1 fully saturated rings. The van der Waals surface area contributed by atoms with Gasteiger partial charge in [-0.15, -0.1) is 11.6 Å². The SMILES string of the molecule is N=C(N)N1CC(c2ccccc2)(c2ccccc2)CC1CCl. The van der Waals surface area contributed by atoms with E-state index in [2.05, 4.69) is 48.5 Å². The van der Waals surface area contributed by atoms with Gasteiger partial charge in [0.05, 0.1) is 0 Å². The molecule has 1 atom stereocenters. The maximum atomic E-state index is 7.87. The molecule has 3 N–H and O–H groups in total. The van der Waals surface area contributed by atoms with Crippen molar-refractivity contribution in [2.75, 3.05) is 12.4 Å². The van der Waals surface area contributed by atoms with Crippen molar-refractivity contribution in [3.63, 3.8) is 0 Å². The van der Waals surface area contributed by atoms with Gasteiger partial charge in [0, 0.05) is 23.9 Å². The molecule has 114 valence electrons. The average Bonchev–Trinajstić information content (AvgIpc) is 2.98. The average molecular weight is 314 g/mol. The summed E-state index contributed by atoms with van der Waals surface area (Å²) in [6.45, 7) is 0.688. The second-order valence-corrected chi connectivity index (χ2v) is 6.15. The molecule has 3 rings (SSSR count). The Labute approximate surface area is 136 Å². The minimum atomic E-state index is -0.173. The Hall–Kier alpha value is -2.00. The number of hydrogen-bond donors (Lipinski definition) is 2. The Bertz CT molecular complexity index is 602. The third-order valence-corrected chi connectivity index (χ3v) is 4.96. The van der Waals surface area contributed by atoms with Gasteiger partial charge in [-0.05, 0) is 17.5 Å². The van der Waals surface area contributed by atoms with Crippen LogP contribution in [-0.2, 0) is 5.41 Å². The van der Waals surface area contributed by atoms with E-state index in [1.807, 2.05) is 17.0 Å². The molecule has 1 unspecified atom stereocenters. The molecule has 2 aromatic rings. The normalized spacial score (nSPS) is 20.0. The van der Waals surface area contributed by atoms with E-state index in [1.165, 1.54) is 11.1 Å². The number of nitrogens with two attached hydrogens (primary N) is 1. The smallest absolute Gasteiger partial charge is 0.188 e. The van der Waals surface area contributed by atoms with Crippen LogP contribution in [0.4, 0.5) is 0 Å². The molecule has 0 aliphatic carbocycles. The van der Waals surface area contributed by atoms with Gasteiger partial charge in [-0.2, -0.15) is 0 Å². The van der Waals surface area contributed by atoms with Gasteiger partial charge in [0.1, 0.15) is 0 Å². The molecule has 3 nitrogen and oxygen atoms in total. The molecule has 1 saturated heterocycles. The van der Waals surface area contributed by atoms with Crippen LogP contribution in [0.25, 0.3) is 0 Å². The zero-order valence-corrected chi connectivity index (χ0v) is 13.1. The van der Waals surface area contributed by atoms with Crippen LogP contribution >= 0.6 is 11.6 Å². The van der Waals surface area contributed by atoms with E-state index in [0.29, 0.717) is 12.4 Å². The summed E-state index contributed by atoms with van der Waals surface area (Å²) in [5.41, 5.74) is 8.12. The van der Waals surface area contributed by atoms with E-state index in [1.54, 1.807) is 0 Å². The molecule has 0 amide bonds. The largest absolute Gasteiger partial charge is 0.370 e. The van der Waals surface area contributed by atoms with Crippen LogP contribution in [0.5, 0.6) is 0 Å². The van der Waals surface area contributed by atoms with E-state index in [9.17, 15) is 0 Å². The minimum Gasteiger partial charge on any atom is -0.370 e. The molecule has 0 radical (unpaired) electrons. The number of alkyl halides is 1. The molecule has 1 heterocycles. The van der Waals surface area contributed by atoms with Crippen LogP contribution in [0.15, 0.2) is 60.7 Å². The van der Waals surface area contributed by atoms with Gasteiger partial charge in [-0.3, -0.25) is 5.41 Å². The molecular formula is C18H20ClN3. The number of hydrogen-bond acceptors (Lipinski definition) is 1. The van der Waals surface area contributed by atoms with E-state index in [4.69, 9.17) is 22.7 Å². The summed E-state index contributed by atoms with van der Waals surface area (Å²) >= 11 is 6.15. The summed E-state index contributed by atoms with van der Waals surface area (Å²) in [7, 11) is 0. The van der Waals surface area contributed by atoms with Crippen molar-refractivity contribution in [2.45, 2.75) is 17.9 Å².